The lowest BCUT2D eigenvalue weighted by Gasteiger charge is -2.34. The van der Waals surface area contributed by atoms with Gasteiger partial charge < -0.3 is 19.9 Å². The molecule has 1 fully saturated rings. The Balaban J connectivity index is 1.44. The summed E-state index contributed by atoms with van der Waals surface area (Å²) in [6.45, 7) is 6.72. The van der Waals surface area contributed by atoms with E-state index in [1.807, 2.05) is 6.07 Å². The molecular weight excluding hydrogens is 423 g/mol. The summed E-state index contributed by atoms with van der Waals surface area (Å²) in [4.78, 5) is 19.6. The first kappa shape index (κ1) is 21.3. The van der Waals surface area contributed by atoms with Crippen LogP contribution in [0.2, 0.25) is 0 Å². The monoisotopic (exact) mass is 450 g/mol. The van der Waals surface area contributed by atoms with Crippen LogP contribution >= 0.6 is 0 Å². The molecule has 0 atom stereocenters. The number of amides is 1. The number of rotatable bonds is 5. The first-order valence-corrected chi connectivity index (χ1v) is 11.2. The number of fused-ring (bicyclic) bond motifs is 2. The predicted octanol–water partition coefficient (Wildman–Crippen LogP) is 2.89. The number of anilines is 2. The molecule has 33 heavy (non-hydrogen) atoms. The second kappa shape index (κ2) is 8.43. The fraction of sp³-hybridized carbons (Fsp3) is 0.391. The van der Waals surface area contributed by atoms with Crippen LogP contribution in [0.3, 0.4) is 0 Å². The van der Waals surface area contributed by atoms with Crippen LogP contribution in [0.4, 0.5) is 15.8 Å². The number of piperidine rings is 1. The molecule has 172 valence electrons. The van der Waals surface area contributed by atoms with Crippen molar-refractivity contribution in [2.75, 3.05) is 29.9 Å². The maximum absolute atomic E-state index is 14.4. The molecule has 1 saturated heterocycles. The van der Waals surface area contributed by atoms with Gasteiger partial charge in [-0.25, -0.2) is 14.1 Å². The van der Waals surface area contributed by atoms with E-state index in [1.54, 1.807) is 41.5 Å². The minimum Gasteiger partial charge on any atom is -0.370 e. The van der Waals surface area contributed by atoms with E-state index in [2.05, 4.69) is 37.8 Å². The number of hydrogen-bond acceptors (Lipinski definition) is 6. The van der Waals surface area contributed by atoms with Crippen LogP contribution in [0.5, 0.6) is 0 Å². The van der Waals surface area contributed by atoms with Crippen molar-refractivity contribution < 1.29 is 9.18 Å². The van der Waals surface area contributed by atoms with Crippen LogP contribution in [0.1, 0.15) is 35.8 Å². The first-order valence-electron chi connectivity index (χ1n) is 11.2. The van der Waals surface area contributed by atoms with E-state index in [0.717, 1.165) is 38.2 Å². The lowest BCUT2D eigenvalue weighted by atomic mass is 10.0. The van der Waals surface area contributed by atoms with Crippen molar-refractivity contribution in [3.8, 4) is 0 Å². The standard InChI is InChI=1S/C23H27FN8O/c1-4-25-15-7-9-31(10-8-15)19-6-5-17(21-20(19)28-29-30(21)3)23(33)27-16-11-18(24)22-26-14(2)12-32(22)13-16/h5-6,11-13,15,25H,4,7-10H2,1-3H3,(H,27,33). The zero-order valence-corrected chi connectivity index (χ0v) is 19.0. The summed E-state index contributed by atoms with van der Waals surface area (Å²) < 4.78 is 17.6. The van der Waals surface area contributed by atoms with Crippen LogP contribution in [0, 0.1) is 12.7 Å². The highest BCUT2D eigenvalue weighted by atomic mass is 19.1. The number of halogens is 1. The summed E-state index contributed by atoms with van der Waals surface area (Å²) in [6, 6.07) is 5.54. The summed E-state index contributed by atoms with van der Waals surface area (Å²) in [5, 5.41) is 14.9. The minimum absolute atomic E-state index is 0.228. The van der Waals surface area contributed by atoms with Gasteiger partial charge in [0.05, 0.1) is 22.6 Å². The maximum atomic E-state index is 14.4. The third-order valence-electron chi connectivity index (χ3n) is 6.19. The average molecular weight is 451 g/mol. The molecule has 10 heteroatoms. The van der Waals surface area contributed by atoms with Gasteiger partial charge in [0.1, 0.15) is 11.0 Å². The number of benzene rings is 1. The van der Waals surface area contributed by atoms with Gasteiger partial charge in [-0.15, -0.1) is 5.10 Å². The number of carbonyl (C=O) groups is 1. The molecule has 9 nitrogen and oxygen atoms in total. The van der Waals surface area contributed by atoms with E-state index in [1.165, 1.54) is 6.07 Å². The van der Waals surface area contributed by atoms with E-state index in [9.17, 15) is 9.18 Å². The van der Waals surface area contributed by atoms with Crippen LogP contribution in [-0.2, 0) is 7.05 Å². The van der Waals surface area contributed by atoms with Crippen LogP contribution in [-0.4, -0.2) is 56.0 Å². The average Bonchev–Trinajstić information content (AvgIpc) is 3.37. The molecule has 5 rings (SSSR count). The number of hydrogen-bond donors (Lipinski definition) is 2. The molecular formula is C23H27FN8O. The van der Waals surface area contributed by atoms with Gasteiger partial charge >= 0.3 is 0 Å². The largest absolute Gasteiger partial charge is 0.370 e. The maximum Gasteiger partial charge on any atom is 0.257 e. The fourth-order valence-corrected chi connectivity index (χ4v) is 4.65. The van der Waals surface area contributed by atoms with Crippen LogP contribution in [0.15, 0.2) is 30.6 Å². The zero-order chi connectivity index (χ0) is 23.1. The molecule has 0 unspecified atom stereocenters. The third kappa shape index (κ3) is 3.91. The number of pyridine rings is 1. The Morgan fingerprint density at radius 1 is 1.24 bits per heavy atom. The van der Waals surface area contributed by atoms with E-state index < -0.39 is 5.82 Å². The second-order valence-electron chi connectivity index (χ2n) is 8.51. The van der Waals surface area contributed by atoms with Crippen molar-refractivity contribution in [2.45, 2.75) is 32.7 Å². The highest BCUT2D eigenvalue weighted by Gasteiger charge is 2.24. The number of imidazole rings is 1. The van der Waals surface area contributed by atoms with Crippen molar-refractivity contribution in [1.29, 1.82) is 0 Å². The predicted molar refractivity (Wildman–Crippen MR) is 125 cm³/mol. The second-order valence-corrected chi connectivity index (χ2v) is 8.51. The van der Waals surface area contributed by atoms with Gasteiger partial charge in [-0.05, 0) is 38.4 Å². The van der Waals surface area contributed by atoms with Gasteiger partial charge in [-0.3, -0.25) is 4.79 Å². The smallest absolute Gasteiger partial charge is 0.257 e. The van der Waals surface area contributed by atoms with E-state index >= 15 is 0 Å². The Bertz CT molecular complexity index is 1340. The molecule has 1 aliphatic heterocycles. The lowest BCUT2D eigenvalue weighted by molar-refractivity contribution is 0.102. The fourth-order valence-electron chi connectivity index (χ4n) is 4.65. The van der Waals surface area contributed by atoms with E-state index in [-0.39, 0.29) is 11.6 Å². The highest BCUT2D eigenvalue weighted by molar-refractivity contribution is 6.13. The number of aryl methyl sites for hydroxylation is 2. The Hall–Kier alpha value is -3.53. The SMILES string of the molecule is CCNC1CCN(c2ccc(C(=O)Nc3cc(F)c4nc(C)cn4c3)c3c2nnn3C)CC1. The van der Waals surface area contributed by atoms with Gasteiger partial charge in [0.15, 0.2) is 11.5 Å². The van der Waals surface area contributed by atoms with Gasteiger partial charge in [0.2, 0.25) is 0 Å². The molecule has 0 bridgehead atoms. The molecule has 0 radical (unpaired) electrons. The highest BCUT2D eigenvalue weighted by Crippen LogP contribution is 2.30. The Morgan fingerprint density at radius 2 is 2.03 bits per heavy atom. The van der Waals surface area contributed by atoms with Crippen molar-refractivity contribution >= 4 is 34.0 Å². The van der Waals surface area contributed by atoms with Gasteiger partial charge in [-0.1, -0.05) is 12.1 Å². The molecule has 3 aromatic heterocycles. The van der Waals surface area contributed by atoms with Crippen molar-refractivity contribution in [2.24, 2.45) is 7.05 Å². The quantitative estimate of drug-likeness (QED) is 0.486. The number of aromatic nitrogens is 5. The molecule has 1 aliphatic rings. The van der Waals surface area contributed by atoms with Crippen molar-refractivity contribution in [3.05, 3.63) is 47.7 Å². The minimum atomic E-state index is -0.496. The van der Waals surface area contributed by atoms with E-state index in [4.69, 9.17) is 0 Å². The van der Waals surface area contributed by atoms with Crippen LogP contribution in [0.25, 0.3) is 16.7 Å². The number of nitrogens with one attached hydrogen (secondary N) is 2. The Kier molecular flexibility index (Phi) is 5.45. The zero-order valence-electron chi connectivity index (χ0n) is 19.0. The van der Waals surface area contributed by atoms with Crippen molar-refractivity contribution in [1.82, 2.24) is 29.7 Å². The summed E-state index contributed by atoms with van der Waals surface area (Å²) >= 11 is 0. The Labute approximate surface area is 190 Å². The summed E-state index contributed by atoms with van der Waals surface area (Å²) in [5.74, 6) is -0.844. The number of carbonyl (C=O) groups excluding carboxylic acids is 1. The van der Waals surface area contributed by atoms with Crippen LogP contribution < -0.4 is 15.5 Å². The summed E-state index contributed by atoms with van der Waals surface area (Å²) in [5.41, 5.74) is 4.03. The molecule has 1 amide bonds. The summed E-state index contributed by atoms with van der Waals surface area (Å²) in [7, 11) is 1.77. The molecule has 0 aliphatic carbocycles. The molecule has 4 aromatic rings. The lowest BCUT2D eigenvalue weighted by Crippen LogP contribution is -2.42. The Morgan fingerprint density at radius 3 is 2.79 bits per heavy atom. The third-order valence-corrected chi connectivity index (χ3v) is 6.19. The molecule has 4 heterocycles. The van der Waals surface area contributed by atoms with Gasteiger partial charge in [0.25, 0.3) is 5.91 Å². The molecule has 1 aromatic carbocycles. The first-order chi connectivity index (χ1) is 15.9. The van der Waals surface area contributed by atoms with E-state index in [0.29, 0.717) is 34.0 Å². The normalized spacial score (nSPS) is 15.0. The molecule has 0 saturated carbocycles. The van der Waals surface area contributed by atoms with Crippen molar-refractivity contribution in [3.63, 3.8) is 0 Å². The molecule has 0 spiro atoms. The topological polar surface area (TPSA) is 92.4 Å². The molecule has 2 N–H and O–H groups in total. The van der Waals surface area contributed by atoms with Gasteiger partial charge in [0, 0.05) is 44.6 Å². The van der Waals surface area contributed by atoms with Gasteiger partial charge in [-0.2, -0.15) is 0 Å². The number of nitrogens with zero attached hydrogens (tertiary/aromatic N) is 6. The summed E-state index contributed by atoms with van der Waals surface area (Å²) in [6.07, 6.45) is 5.47.